The fraction of sp³-hybridized carbons (Fsp3) is 0.500. The van der Waals surface area contributed by atoms with Gasteiger partial charge in [0.15, 0.2) is 0 Å². The number of aromatic nitrogens is 2. The Balaban J connectivity index is 1.47. The third-order valence-electron chi connectivity index (χ3n) is 5.51. The lowest BCUT2D eigenvalue weighted by Gasteiger charge is -2.35. The Morgan fingerprint density at radius 2 is 1.38 bits per heavy atom. The van der Waals surface area contributed by atoms with Crippen LogP contribution in [0, 0.1) is 12.7 Å². The van der Waals surface area contributed by atoms with E-state index in [9.17, 15) is 12.8 Å². The third kappa shape index (κ3) is 4.35. The summed E-state index contributed by atoms with van der Waals surface area (Å²) in [5.74, 6) is 2.08. The van der Waals surface area contributed by atoms with Gasteiger partial charge >= 0.3 is 0 Å². The van der Waals surface area contributed by atoms with Gasteiger partial charge < -0.3 is 9.80 Å². The molecule has 0 N–H and O–H groups in total. The van der Waals surface area contributed by atoms with E-state index in [1.54, 1.807) is 0 Å². The van der Waals surface area contributed by atoms with Crippen LogP contribution in [-0.2, 0) is 10.0 Å². The van der Waals surface area contributed by atoms with Gasteiger partial charge in [0.2, 0.25) is 10.0 Å². The highest BCUT2D eigenvalue weighted by atomic mass is 32.2. The summed E-state index contributed by atoms with van der Waals surface area (Å²) in [6.45, 7) is 5.75. The van der Waals surface area contributed by atoms with Crippen molar-refractivity contribution >= 4 is 21.7 Å². The quantitative estimate of drug-likeness (QED) is 0.758. The number of halogens is 1. The van der Waals surface area contributed by atoms with Crippen LogP contribution in [0.2, 0.25) is 0 Å². The van der Waals surface area contributed by atoms with Gasteiger partial charge in [-0.1, -0.05) is 0 Å². The standard InChI is InChI=1S/C20H26FN5O2S/c1-16-22-19(24-9-3-2-4-10-24)15-20(23-16)25-11-13-26(14-12-25)29(27,28)18-7-5-17(21)6-8-18/h5-8,15H,2-4,9-14H2,1H3. The Hall–Kier alpha value is -2.26. The molecule has 0 unspecified atom stereocenters. The van der Waals surface area contributed by atoms with Crippen LogP contribution in [0.4, 0.5) is 16.0 Å². The molecule has 1 aromatic heterocycles. The van der Waals surface area contributed by atoms with E-state index in [1.807, 2.05) is 13.0 Å². The van der Waals surface area contributed by atoms with E-state index in [-0.39, 0.29) is 4.90 Å². The normalized spacial score (nSPS) is 18.8. The molecule has 156 valence electrons. The van der Waals surface area contributed by atoms with Crippen LogP contribution in [-0.4, -0.2) is 62.0 Å². The fourth-order valence-corrected chi connectivity index (χ4v) is 5.32. The number of anilines is 2. The minimum absolute atomic E-state index is 0.123. The maximum Gasteiger partial charge on any atom is 0.243 e. The number of piperidine rings is 1. The predicted molar refractivity (Wildman–Crippen MR) is 110 cm³/mol. The molecular weight excluding hydrogens is 393 g/mol. The molecule has 0 saturated carbocycles. The lowest BCUT2D eigenvalue weighted by Crippen LogP contribution is -2.49. The number of benzene rings is 1. The van der Waals surface area contributed by atoms with E-state index in [0.29, 0.717) is 26.2 Å². The summed E-state index contributed by atoms with van der Waals surface area (Å²) in [4.78, 5) is 13.7. The average molecular weight is 420 g/mol. The minimum atomic E-state index is -3.62. The molecule has 2 saturated heterocycles. The number of hydrogen-bond donors (Lipinski definition) is 0. The molecule has 29 heavy (non-hydrogen) atoms. The number of piperazine rings is 1. The van der Waals surface area contributed by atoms with Gasteiger partial charge in [0.1, 0.15) is 23.3 Å². The van der Waals surface area contributed by atoms with Crippen LogP contribution in [0.15, 0.2) is 35.2 Å². The van der Waals surface area contributed by atoms with Gasteiger partial charge in [-0.2, -0.15) is 4.31 Å². The predicted octanol–water partition coefficient (Wildman–Crippen LogP) is 2.43. The van der Waals surface area contributed by atoms with Gasteiger partial charge in [-0.3, -0.25) is 0 Å². The van der Waals surface area contributed by atoms with Crippen molar-refractivity contribution in [2.24, 2.45) is 0 Å². The van der Waals surface area contributed by atoms with Crippen molar-refractivity contribution in [3.8, 4) is 0 Å². The number of aryl methyl sites for hydroxylation is 1. The Morgan fingerprint density at radius 1 is 0.828 bits per heavy atom. The lowest BCUT2D eigenvalue weighted by atomic mass is 10.1. The van der Waals surface area contributed by atoms with Crippen molar-refractivity contribution in [2.75, 3.05) is 49.1 Å². The molecule has 3 heterocycles. The maximum absolute atomic E-state index is 13.1. The van der Waals surface area contributed by atoms with Crippen molar-refractivity contribution in [1.29, 1.82) is 0 Å². The molecule has 9 heteroatoms. The van der Waals surface area contributed by atoms with Crippen LogP contribution in [0.25, 0.3) is 0 Å². The van der Waals surface area contributed by atoms with E-state index in [1.165, 1.54) is 47.8 Å². The average Bonchev–Trinajstić information content (AvgIpc) is 2.74. The first-order valence-electron chi connectivity index (χ1n) is 10.0. The molecule has 0 aliphatic carbocycles. The monoisotopic (exact) mass is 419 g/mol. The Labute approximate surface area is 171 Å². The zero-order valence-corrected chi connectivity index (χ0v) is 17.4. The topological polar surface area (TPSA) is 69.6 Å². The van der Waals surface area contributed by atoms with E-state index in [4.69, 9.17) is 0 Å². The maximum atomic E-state index is 13.1. The Morgan fingerprint density at radius 3 is 1.97 bits per heavy atom. The number of rotatable bonds is 4. The van der Waals surface area contributed by atoms with Crippen LogP contribution in [0.1, 0.15) is 25.1 Å². The van der Waals surface area contributed by atoms with Crippen molar-refractivity contribution in [1.82, 2.24) is 14.3 Å². The molecule has 1 aromatic carbocycles. The molecule has 0 bridgehead atoms. The molecule has 0 amide bonds. The van der Waals surface area contributed by atoms with Crippen molar-refractivity contribution in [2.45, 2.75) is 31.1 Å². The Kier molecular flexibility index (Phi) is 5.69. The number of nitrogens with zero attached hydrogens (tertiary/aromatic N) is 5. The van der Waals surface area contributed by atoms with Gasteiger partial charge in [-0.15, -0.1) is 0 Å². The summed E-state index contributed by atoms with van der Waals surface area (Å²) < 4.78 is 40.2. The van der Waals surface area contributed by atoms with Gasteiger partial charge in [0.25, 0.3) is 0 Å². The van der Waals surface area contributed by atoms with Crippen molar-refractivity contribution < 1.29 is 12.8 Å². The molecule has 0 radical (unpaired) electrons. The molecule has 2 aliphatic heterocycles. The first-order valence-corrected chi connectivity index (χ1v) is 11.5. The Bertz CT molecular complexity index is 953. The molecule has 0 spiro atoms. The zero-order chi connectivity index (χ0) is 20.4. The minimum Gasteiger partial charge on any atom is -0.356 e. The summed E-state index contributed by atoms with van der Waals surface area (Å²) in [5.41, 5.74) is 0. The van der Waals surface area contributed by atoms with Gasteiger partial charge in [-0.25, -0.2) is 22.8 Å². The highest BCUT2D eigenvalue weighted by molar-refractivity contribution is 7.89. The zero-order valence-electron chi connectivity index (χ0n) is 16.6. The third-order valence-corrected chi connectivity index (χ3v) is 7.42. The van der Waals surface area contributed by atoms with Crippen LogP contribution in [0.3, 0.4) is 0 Å². The van der Waals surface area contributed by atoms with Gasteiger partial charge in [0, 0.05) is 45.3 Å². The van der Waals surface area contributed by atoms with Crippen LogP contribution < -0.4 is 9.80 Å². The second-order valence-electron chi connectivity index (χ2n) is 7.52. The van der Waals surface area contributed by atoms with Crippen molar-refractivity contribution in [3.63, 3.8) is 0 Å². The second kappa shape index (κ2) is 8.23. The fourth-order valence-electron chi connectivity index (χ4n) is 3.90. The van der Waals surface area contributed by atoms with Crippen LogP contribution >= 0.6 is 0 Å². The van der Waals surface area contributed by atoms with Crippen LogP contribution in [0.5, 0.6) is 0 Å². The first kappa shape index (κ1) is 20.0. The summed E-state index contributed by atoms with van der Waals surface area (Å²) in [6, 6.07) is 7.00. The van der Waals surface area contributed by atoms with Crippen molar-refractivity contribution in [3.05, 3.63) is 42.0 Å². The summed E-state index contributed by atoms with van der Waals surface area (Å²) in [5, 5.41) is 0. The van der Waals surface area contributed by atoms with E-state index >= 15 is 0 Å². The van der Waals surface area contributed by atoms with E-state index in [2.05, 4.69) is 19.8 Å². The van der Waals surface area contributed by atoms with E-state index in [0.717, 1.165) is 30.5 Å². The summed E-state index contributed by atoms with van der Waals surface area (Å²) >= 11 is 0. The number of sulfonamides is 1. The van der Waals surface area contributed by atoms with Gasteiger partial charge in [-0.05, 0) is 50.5 Å². The number of hydrogen-bond acceptors (Lipinski definition) is 6. The molecule has 2 fully saturated rings. The highest BCUT2D eigenvalue weighted by Gasteiger charge is 2.29. The largest absolute Gasteiger partial charge is 0.356 e. The van der Waals surface area contributed by atoms with Gasteiger partial charge in [0.05, 0.1) is 4.90 Å². The van der Waals surface area contributed by atoms with E-state index < -0.39 is 15.8 Å². The molecule has 2 aliphatic rings. The second-order valence-corrected chi connectivity index (χ2v) is 9.46. The summed E-state index contributed by atoms with van der Waals surface area (Å²) in [6.07, 6.45) is 3.62. The highest BCUT2D eigenvalue weighted by Crippen LogP contribution is 2.24. The summed E-state index contributed by atoms with van der Waals surface area (Å²) in [7, 11) is -3.62. The first-order chi connectivity index (χ1) is 13.9. The molecule has 7 nitrogen and oxygen atoms in total. The molecule has 4 rings (SSSR count). The molecular formula is C20H26FN5O2S. The lowest BCUT2D eigenvalue weighted by molar-refractivity contribution is 0.383. The molecule has 0 atom stereocenters. The molecule has 2 aromatic rings. The smallest absolute Gasteiger partial charge is 0.243 e. The SMILES string of the molecule is Cc1nc(N2CCCCC2)cc(N2CCN(S(=O)(=O)c3ccc(F)cc3)CC2)n1.